The Morgan fingerprint density at radius 1 is 1.03 bits per heavy atom. The number of benzene rings is 1. The highest BCUT2D eigenvalue weighted by Gasteiger charge is 2.35. The standard InChI is InChI=1S/C21H27F3N4O/c22-21(23,24)14-28-20(29)9-8-19(26-28)15-4-6-16(7-5-15)25-17-10-12-27(13-11-17)18-2-1-3-18/h4-7,17-18,25H,1-3,8-14H2. The number of piperidine rings is 1. The quantitative estimate of drug-likeness (QED) is 0.801. The molecule has 1 N–H and O–H groups in total. The van der Waals surface area contributed by atoms with Crippen LogP contribution in [0.4, 0.5) is 18.9 Å². The lowest BCUT2D eigenvalue weighted by Gasteiger charge is -2.42. The minimum atomic E-state index is -4.45. The fourth-order valence-electron chi connectivity index (χ4n) is 4.26. The molecule has 0 bridgehead atoms. The van der Waals surface area contributed by atoms with Gasteiger partial charge in [-0.05, 0) is 43.4 Å². The number of hydrogen-bond donors (Lipinski definition) is 1. The largest absolute Gasteiger partial charge is 0.408 e. The third-order valence-electron chi connectivity index (χ3n) is 6.14. The summed E-state index contributed by atoms with van der Waals surface area (Å²) in [6, 6.07) is 8.87. The van der Waals surface area contributed by atoms with E-state index in [0.29, 0.717) is 23.2 Å². The normalized spacial score (nSPS) is 22.4. The van der Waals surface area contributed by atoms with E-state index in [1.54, 1.807) is 0 Å². The molecule has 2 aliphatic heterocycles. The van der Waals surface area contributed by atoms with E-state index in [1.165, 1.54) is 19.3 Å². The summed E-state index contributed by atoms with van der Waals surface area (Å²) in [6.07, 6.45) is 2.25. The van der Waals surface area contributed by atoms with E-state index in [0.717, 1.165) is 43.2 Å². The van der Waals surface area contributed by atoms with Gasteiger partial charge < -0.3 is 10.2 Å². The molecule has 1 aliphatic carbocycles. The predicted octanol–water partition coefficient (Wildman–Crippen LogP) is 4.00. The van der Waals surface area contributed by atoms with Crippen molar-refractivity contribution in [3.63, 3.8) is 0 Å². The molecular formula is C21H27F3N4O. The summed E-state index contributed by atoms with van der Waals surface area (Å²) < 4.78 is 37.9. The van der Waals surface area contributed by atoms with Crippen LogP contribution in [-0.4, -0.2) is 59.4 Å². The summed E-state index contributed by atoms with van der Waals surface area (Å²) >= 11 is 0. The number of alkyl halides is 3. The Balaban J connectivity index is 1.34. The second-order valence-corrected chi connectivity index (χ2v) is 8.23. The first-order valence-electron chi connectivity index (χ1n) is 10.4. The number of amides is 1. The van der Waals surface area contributed by atoms with Crippen molar-refractivity contribution >= 4 is 17.3 Å². The van der Waals surface area contributed by atoms with Crippen LogP contribution in [0.1, 0.15) is 50.5 Å². The van der Waals surface area contributed by atoms with Crippen LogP contribution in [0.15, 0.2) is 29.4 Å². The molecule has 1 saturated heterocycles. The highest BCUT2D eigenvalue weighted by atomic mass is 19.4. The van der Waals surface area contributed by atoms with Gasteiger partial charge in [-0.1, -0.05) is 18.6 Å². The summed E-state index contributed by atoms with van der Waals surface area (Å²) in [5.74, 6) is -0.586. The van der Waals surface area contributed by atoms with E-state index in [2.05, 4.69) is 15.3 Å². The topological polar surface area (TPSA) is 47.9 Å². The Bertz CT molecular complexity index is 750. The minimum Gasteiger partial charge on any atom is -0.382 e. The molecule has 0 spiro atoms. The number of likely N-dealkylation sites (tertiary alicyclic amines) is 1. The van der Waals surface area contributed by atoms with Crippen molar-refractivity contribution in [3.05, 3.63) is 29.8 Å². The van der Waals surface area contributed by atoms with E-state index in [1.807, 2.05) is 24.3 Å². The molecule has 4 rings (SSSR count). The Hall–Kier alpha value is -2.09. The molecule has 8 heteroatoms. The first-order valence-corrected chi connectivity index (χ1v) is 10.4. The molecule has 1 saturated carbocycles. The zero-order valence-corrected chi connectivity index (χ0v) is 16.4. The van der Waals surface area contributed by atoms with Crippen molar-refractivity contribution in [3.8, 4) is 0 Å². The maximum Gasteiger partial charge on any atom is 0.408 e. The fourth-order valence-corrected chi connectivity index (χ4v) is 4.26. The number of rotatable bonds is 5. The third-order valence-corrected chi connectivity index (χ3v) is 6.14. The van der Waals surface area contributed by atoms with Gasteiger partial charge >= 0.3 is 6.18 Å². The van der Waals surface area contributed by atoms with Gasteiger partial charge in [0.2, 0.25) is 5.91 Å². The van der Waals surface area contributed by atoms with Crippen molar-refractivity contribution in [1.82, 2.24) is 9.91 Å². The first-order chi connectivity index (χ1) is 13.9. The van der Waals surface area contributed by atoms with Gasteiger partial charge in [0.15, 0.2) is 0 Å². The van der Waals surface area contributed by atoms with Gasteiger partial charge in [0, 0.05) is 43.7 Å². The highest BCUT2D eigenvalue weighted by molar-refractivity contribution is 6.04. The SMILES string of the molecule is O=C1CCC(c2ccc(NC3CCN(C4CCC4)CC3)cc2)=NN1CC(F)(F)F. The number of nitrogens with one attached hydrogen (secondary N) is 1. The van der Waals surface area contributed by atoms with Crippen molar-refractivity contribution in [2.24, 2.45) is 5.10 Å². The molecule has 0 radical (unpaired) electrons. The maximum absolute atomic E-state index is 12.6. The summed E-state index contributed by atoms with van der Waals surface area (Å²) in [5, 5.41) is 8.07. The molecule has 29 heavy (non-hydrogen) atoms. The third kappa shape index (κ3) is 5.10. The smallest absolute Gasteiger partial charge is 0.382 e. The Morgan fingerprint density at radius 2 is 1.72 bits per heavy atom. The highest BCUT2D eigenvalue weighted by Crippen LogP contribution is 2.28. The van der Waals surface area contributed by atoms with Crippen LogP contribution < -0.4 is 5.32 Å². The number of nitrogens with zero attached hydrogens (tertiary/aromatic N) is 3. The van der Waals surface area contributed by atoms with Crippen molar-refractivity contribution in [2.45, 2.75) is 63.2 Å². The lowest BCUT2D eigenvalue weighted by atomic mass is 9.89. The van der Waals surface area contributed by atoms with Gasteiger partial charge in [-0.25, -0.2) is 5.01 Å². The Morgan fingerprint density at radius 3 is 2.31 bits per heavy atom. The van der Waals surface area contributed by atoms with E-state index in [4.69, 9.17) is 0 Å². The minimum absolute atomic E-state index is 0.0501. The first kappa shape index (κ1) is 20.2. The lowest BCUT2D eigenvalue weighted by Crippen LogP contribution is -2.47. The number of hydrogen-bond acceptors (Lipinski definition) is 4. The monoisotopic (exact) mass is 408 g/mol. The van der Waals surface area contributed by atoms with Gasteiger partial charge in [0.1, 0.15) is 6.54 Å². The molecule has 0 aromatic heterocycles. The van der Waals surface area contributed by atoms with Crippen LogP contribution in [0.2, 0.25) is 0 Å². The number of carbonyl (C=O) groups excluding carboxylic acids is 1. The van der Waals surface area contributed by atoms with Crippen LogP contribution in [0.3, 0.4) is 0 Å². The zero-order chi connectivity index (χ0) is 20.4. The molecule has 1 aromatic carbocycles. The summed E-state index contributed by atoms with van der Waals surface area (Å²) in [5.41, 5.74) is 2.29. The Kier molecular flexibility index (Phi) is 5.81. The molecule has 0 unspecified atom stereocenters. The van der Waals surface area contributed by atoms with Crippen molar-refractivity contribution < 1.29 is 18.0 Å². The zero-order valence-electron chi connectivity index (χ0n) is 16.4. The van der Waals surface area contributed by atoms with Gasteiger partial charge in [-0.2, -0.15) is 18.3 Å². The molecule has 2 fully saturated rings. The van der Waals surface area contributed by atoms with Crippen LogP contribution in [-0.2, 0) is 4.79 Å². The number of hydrazone groups is 1. The second-order valence-electron chi connectivity index (χ2n) is 8.23. The van der Waals surface area contributed by atoms with Gasteiger partial charge in [0.25, 0.3) is 0 Å². The summed E-state index contributed by atoms with van der Waals surface area (Å²) in [7, 11) is 0. The lowest BCUT2D eigenvalue weighted by molar-refractivity contribution is -0.161. The number of anilines is 1. The van der Waals surface area contributed by atoms with Crippen LogP contribution >= 0.6 is 0 Å². The van der Waals surface area contributed by atoms with Crippen LogP contribution in [0, 0.1) is 0 Å². The molecule has 158 valence electrons. The van der Waals surface area contributed by atoms with E-state index >= 15 is 0 Å². The number of halogens is 3. The maximum atomic E-state index is 12.6. The van der Waals surface area contributed by atoms with Crippen molar-refractivity contribution in [2.75, 3.05) is 25.0 Å². The van der Waals surface area contributed by atoms with Gasteiger partial charge in [-0.15, -0.1) is 0 Å². The average Bonchev–Trinajstić information content (AvgIpc) is 2.63. The Labute approximate surface area is 168 Å². The molecule has 3 aliphatic rings. The van der Waals surface area contributed by atoms with Gasteiger partial charge in [0.05, 0.1) is 5.71 Å². The number of carbonyl (C=O) groups is 1. The molecule has 2 heterocycles. The predicted molar refractivity (Wildman–Crippen MR) is 106 cm³/mol. The average molecular weight is 408 g/mol. The van der Waals surface area contributed by atoms with E-state index in [-0.39, 0.29) is 6.42 Å². The molecule has 0 atom stereocenters. The van der Waals surface area contributed by atoms with Gasteiger partial charge in [-0.3, -0.25) is 4.79 Å². The van der Waals surface area contributed by atoms with Crippen molar-refractivity contribution in [1.29, 1.82) is 0 Å². The molecular weight excluding hydrogens is 381 g/mol. The summed E-state index contributed by atoms with van der Waals surface area (Å²) in [4.78, 5) is 14.3. The molecule has 1 amide bonds. The fraction of sp³-hybridized carbons (Fsp3) is 0.619. The van der Waals surface area contributed by atoms with E-state index in [9.17, 15) is 18.0 Å². The van der Waals surface area contributed by atoms with E-state index < -0.39 is 18.6 Å². The van der Waals surface area contributed by atoms with Crippen LogP contribution in [0.5, 0.6) is 0 Å². The molecule has 5 nitrogen and oxygen atoms in total. The van der Waals surface area contributed by atoms with Crippen LogP contribution in [0.25, 0.3) is 0 Å². The molecule has 1 aromatic rings. The second kappa shape index (κ2) is 8.34. The summed E-state index contributed by atoms with van der Waals surface area (Å²) in [6.45, 7) is 0.940.